The van der Waals surface area contributed by atoms with Crippen molar-refractivity contribution in [1.29, 1.82) is 0 Å². The minimum Gasteiger partial charge on any atom is -0.381 e. The van der Waals surface area contributed by atoms with Crippen LogP contribution in [-0.2, 0) is 14.3 Å². The van der Waals surface area contributed by atoms with E-state index in [0.29, 0.717) is 11.7 Å². The van der Waals surface area contributed by atoms with E-state index in [4.69, 9.17) is 9.47 Å². The molecule has 0 radical (unpaired) electrons. The molecule has 2 aliphatic rings. The molecule has 1 atom stereocenters. The molecular weight excluding hydrogens is 216 g/mol. The van der Waals surface area contributed by atoms with Gasteiger partial charge in [-0.3, -0.25) is 4.79 Å². The Labute approximate surface area is 104 Å². The highest BCUT2D eigenvalue weighted by Gasteiger charge is 2.34. The van der Waals surface area contributed by atoms with Crippen LogP contribution in [0.4, 0.5) is 0 Å². The average molecular weight is 240 g/mol. The van der Waals surface area contributed by atoms with Crippen LogP contribution in [0.3, 0.4) is 0 Å². The van der Waals surface area contributed by atoms with Crippen LogP contribution >= 0.6 is 0 Å². The van der Waals surface area contributed by atoms with Crippen LogP contribution in [0.2, 0.25) is 0 Å². The zero-order chi connectivity index (χ0) is 12.1. The van der Waals surface area contributed by atoms with Gasteiger partial charge in [0.15, 0.2) is 5.78 Å². The molecular formula is C14H24O3. The molecule has 0 aromatic heterocycles. The van der Waals surface area contributed by atoms with Gasteiger partial charge in [-0.2, -0.15) is 0 Å². The maximum atomic E-state index is 12.4. The molecule has 1 saturated carbocycles. The Kier molecular flexibility index (Phi) is 4.99. The first kappa shape index (κ1) is 13.0. The Morgan fingerprint density at radius 3 is 2.35 bits per heavy atom. The van der Waals surface area contributed by atoms with Crippen LogP contribution in [-0.4, -0.2) is 32.2 Å². The fourth-order valence-corrected chi connectivity index (χ4v) is 3.19. The number of methoxy groups -OCH3 is 1. The fraction of sp³-hybridized carbons (Fsp3) is 0.929. The van der Waals surface area contributed by atoms with Crippen LogP contribution in [0.15, 0.2) is 0 Å². The molecule has 1 saturated heterocycles. The van der Waals surface area contributed by atoms with E-state index in [2.05, 4.69) is 0 Å². The topological polar surface area (TPSA) is 35.5 Å². The van der Waals surface area contributed by atoms with E-state index >= 15 is 0 Å². The summed E-state index contributed by atoms with van der Waals surface area (Å²) in [6.45, 7) is 1.47. The zero-order valence-electron chi connectivity index (χ0n) is 10.8. The Hall–Kier alpha value is -0.410. The number of rotatable bonds is 4. The highest BCUT2D eigenvalue weighted by atomic mass is 16.5. The minimum atomic E-state index is -0.154. The summed E-state index contributed by atoms with van der Waals surface area (Å²) in [4.78, 5) is 12.4. The number of Topliss-reactive ketones (excluding diaryl/α,β-unsaturated/α-hetero) is 1. The summed E-state index contributed by atoms with van der Waals surface area (Å²) in [5.74, 6) is 0.974. The van der Waals surface area contributed by atoms with Crippen molar-refractivity contribution >= 4 is 5.78 Å². The third-order valence-electron chi connectivity index (χ3n) is 4.24. The summed E-state index contributed by atoms with van der Waals surface area (Å²) in [5.41, 5.74) is 0. The molecule has 3 heteroatoms. The summed E-state index contributed by atoms with van der Waals surface area (Å²) in [7, 11) is 1.69. The summed E-state index contributed by atoms with van der Waals surface area (Å²) in [6.07, 6.45) is 7.76. The van der Waals surface area contributed by atoms with E-state index in [1.807, 2.05) is 0 Å². The average Bonchev–Trinajstić information content (AvgIpc) is 2.42. The number of carbonyl (C=O) groups excluding carboxylic acids is 1. The summed E-state index contributed by atoms with van der Waals surface area (Å²) in [5, 5.41) is 0. The first-order chi connectivity index (χ1) is 8.33. The second kappa shape index (κ2) is 6.50. The van der Waals surface area contributed by atoms with Gasteiger partial charge in [-0.25, -0.2) is 0 Å². The Morgan fingerprint density at radius 1 is 1.12 bits per heavy atom. The number of ketones is 1. The lowest BCUT2D eigenvalue weighted by Crippen LogP contribution is -2.39. The van der Waals surface area contributed by atoms with Gasteiger partial charge in [0.05, 0.1) is 0 Å². The predicted octanol–water partition coefficient (Wildman–Crippen LogP) is 2.58. The van der Waals surface area contributed by atoms with Gasteiger partial charge in [0, 0.05) is 26.2 Å². The number of hydrogen-bond acceptors (Lipinski definition) is 3. The van der Waals surface area contributed by atoms with E-state index in [1.54, 1.807) is 7.11 Å². The third kappa shape index (κ3) is 3.29. The largest absolute Gasteiger partial charge is 0.381 e. The molecule has 0 aromatic carbocycles. The lowest BCUT2D eigenvalue weighted by Gasteiger charge is -2.31. The number of hydrogen-bond donors (Lipinski definition) is 0. The molecule has 17 heavy (non-hydrogen) atoms. The van der Waals surface area contributed by atoms with Crippen molar-refractivity contribution in [2.75, 3.05) is 20.3 Å². The molecule has 1 unspecified atom stereocenters. The molecule has 1 heterocycles. The van der Waals surface area contributed by atoms with Gasteiger partial charge in [-0.15, -0.1) is 0 Å². The zero-order valence-corrected chi connectivity index (χ0v) is 10.8. The molecule has 98 valence electrons. The minimum absolute atomic E-state index is 0.154. The normalized spacial score (nSPS) is 25.7. The van der Waals surface area contributed by atoms with Gasteiger partial charge >= 0.3 is 0 Å². The van der Waals surface area contributed by atoms with Crippen molar-refractivity contribution in [3.63, 3.8) is 0 Å². The number of ether oxygens (including phenoxy) is 2. The third-order valence-corrected chi connectivity index (χ3v) is 4.24. The van der Waals surface area contributed by atoms with Gasteiger partial charge in [0.1, 0.15) is 6.10 Å². The van der Waals surface area contributed by atoms with Gasteiger partial charge in [-0.1, -0.05) is 19.3 Å². The SMILES string of the molecule is COC(C(=O)C1CCOCC1)C1CCCCC1. The maximum Gasteiger partial charge on any atom is 0.165 e. The van der Waals surface area contributed by atoms with Crippen LogP contribution in [0.1, 0.15) is 44.9 Å². The van der Waals surface area contributed by atoms with E-state index in [-0.39, 0.29) is 12.0 Å². The van der Waals surface area contributed by atoms with Crippen LogP contribution in [0.5, 0.6) is 0 Å². The molecule has 0 N–H and O–H groups in total. The lowest BCUT2D eigenvalue weighted by atomic mass is 9.80. The van der Waals surface area contributed by atoms with Gasteiger partial charge in [0.2, 0.25) is 0 Å². The number of carbonyl (C=O) groups is 1. The van der Waals surface area contributed by atoms with Crippen molar-refractivity contribution in [3.8, 4) is 0 Å². The summed E-state index contributed by atoms with van der Waals surface area (Å²) in [6, 6.07) is 0. The lowest BCUT2D eigenvalue weighted by molar-refractivity contribution is -0.139. The molecule has 0 spiro atoms. The Bertz CT molecular complexity index is 240. The second-order valence-electron chi connectivity index (χ2n) is 5.34. The van der Waals surface area contributed by atoms with E-state index in [1.165, 1.54) is 19.3 Å². The van der Waals surface area contributed by atoms with Crippen molar-refractivity contribution in [1.82, 2.24) is 0 Å². The second-order valence-corrected chi connectivity index (χ2v) is 5.34. The van der Waals surface area contributed by atoms with E-state index < -0.39 is 0 Å². The van der Waals surface area contributed by atoms with Crippen LogP contribution in [0.25, 0.3) is 0 Å². The monoisotopic (exact) mass is 240 g/mol. The molecule has 0 bridgehead atoms. The van der Waals surface area contributed by atoms with Crippen molar-refractivity contribution in [2.24, 2.45) is 11.8 Å². The Balaban J connectivity index is 1.93. The Morgan fingerprint density at radius 2 is 1.76 bits per heavy atom. The van der Waals surface area contributed by atoms with Crippen molar-refractivity contribution in [3.05, 3.63) is 0 Å². The highest BCUT2D eigenvalue weighted by Crippen LogP contribution is 2.31. The quantitative estimate of drug-likeness (QED) is 0.757. The maximum absolute atomic E-state index is 12.4. The first-order valence-corrected chi connectivity index (χ1v) is 6.97. The fourth-order valence-electron chi connectivity index (χ4n) is 3.19. The molecule has 0 aromatic rings. The smallest absolute Gasteiger partial charge is 0.165 e. The molecule has 0 amide bonds. The molecule has 2 fully saturated rings. The standard InChI is InChI=1S/C14H24O3/c1-16-14(12-5-3-2-4-6-12)13(15)11-7-9-17-10-8-11/h11-12,14H,2-10H2,1H3. The van der Waals surface area contributed by atoms with Crippen molar-refractivity contribution in [2.45, 2.75) is 51.0 Å². The first-order valence-electron chi connectivity index (χ1n) is 6.97. The van der Waals surface area contributed by atoms with E-state index in [0.717, 1.165) is 38.9 Å². The van der Waals surface area contributed by atoms with Crippen molar-refractivity contribution < 1.29 is 14.3 Å². The highest BCUT2D eigenvalue weighted by molar-refractivity contribution is 5.85. The summed E-state index contributed by atoms with van der Waals surface area (Å²) >= 11 is 0. The summed E-state index contributed by atoms with van der Waals surface area (Å²) < 4.78 is 10.8. The molecule has 1 aliphatic heterocycles. The van der Waals surface area contributed by atoms with Crippen LogP contribution < -0.4 is 0 Å². The molecule has 2 rings (SSSR count). The van der Waals surface area contributed by atoms with Crippen LogP contribution in [0, 0.1) is 11.8 Å². The van der Waals surface area contributed by atoms with E-state index in [9.17, 15) is 4.79 Å². The van der Waals surface area contributed by atoms with Gasteiger partial charge in [-0.05, 0) is 31.6 Å². The van der Waals surface area contributed by atoms with Gasteiger partial charge in [0.25, 0.3) is 0 Å². The predicted molar refractivity (Wildman–Crippen MR) is 65.9 cm³/mol. The molecule has 3 nitrogen and oxygen atoms in total. The van der Waals surface area contributed by atoms with Gasteiger partial charge < -0.3 is 9.47 Å². The molecule has 1 aliphatic carbocycles.